The van der Waals surface area contributed by atoms with Gasteiger partial charge in [-0.15, -0.1) is 0 Å². The average Bonchev–Trinajstić information content (AvgIpc) is 2.94. The molecule has 0 saturated carbocycles. The Kier molecular flexibility index (Phi) is 4.71. The van der Waals surface area contributed by atoms with Crippen LogP contribution in [0.25, 0.3) is 11.5 Å². The molecule has 1 heterocycles. The number of hydrogen-bond donors (Lipinski definition) is 1. The van der Waals surface area contributed by atoms with E-state index in [1.54, 1.807) is 12.1 Å². The number of nitrogens with zero attached hydrogens (tertiary/aromatic N) is 2. The van der Waals surface area contributed by atoms with Crippen LogP contribution in [0.5, 0.6) is 0 Å². The Balaban J connectivity index is 2.26. The monoisotopic (exact) mass is 311 g/mol. The molecular weight excluding hydrogens is 294 g/mol. The van der Waals surface area contributed by atoms with Gasteiger partial charge in [0.15, 0.2) is 15.7 Å². The Morgan fingerprint density at radius 2 is 2.19 bits per heavy atom. The molecule has 2 aromatic rings. The molecule has 0 spiro atoms. The molecule has 7 nitrogen and oxygen atoms in total. The number of benzene rings is 1. The molecule has 2 N–H and O–H groups in total. The van der Waals surface area contributed by atoms with Gasteiger partial charge in [-0.25, -0.2) is 8.42 Å². The van der Waals surface area contributed by atoms with E-state index in [0.29, 0.717) is 24.6 Å². The molecule has 0 fully saturated rings. The van der Waals surface area contributed by atoms with Crippen LogP contribution in [0.1, 0.15) is 18.8 Å². The smallest absolute Gasteiger partial charge is 0.258 e. The van der Waals surface area contributed by atoms with Crippen molar-refractivity contribution in [3.63, 3.8) is 0 Å². The molecule has 0 amide bonds. The van der Waals surface area contributed by atoms with Crippen LogP contribution in [0.3, 0.4) is 0 Å². The topological polar surface area (TPSA) is 108 Å². The van der Waals surface area contributed by atoms with Gasteiger partial charge in [0.2, 0.25) is 0 Å². The summed E-state index contributed by atoms with van der Waals surface area (Å²) >= 11 is 0. The Morgan fingerprint density at radius 3 is 2.86 bits per heavy atom. The van der Waals surface area contributed by atoms with Gasteiger partial charge < -0.3 is 15.0 Å². The summed E-state index contributed by atoms with van der Waals surface area (Å²) in [6, 6.07) is 5.83. The Bertz CT molecular complexity index is 712. The van der Waals surface area contributed by atoms with E-state index in [0.717, 1.165) is 6.26 Å². The van der Waals surface area contributed by atoms with Crippen LogP contribution < -0.4 is 5.73 Å². The van der Waals surface area contributed by atoms with Crippen molar-refractivity contribution in [2.75, 3.05) is 19.5 Å². The van der Waals surface area contributed by atoms with Crippen LogP contribution in [-0.2, 0) is 14.6 Å². The molecule has 0 bridgehead atoms. The van der Waals surface area contributed by atoms with Gasteiger partial charge in [-0.3, -0.25) is 0 Å². The van der Waals surface area contributed by atoms with Crippen LogP contribution in [-0.4, -0.2) is 38.0 Å². The van der Waals surface area contributed by atoms with Crippen molar-refractivity contribution < 1.29 is 17.7 Å². The molecule has 0 aliphatic heterocycles. The van der Waals surface area contributed by atoms with Crippen LogP contribution in [0.4, 0.5) is 0 Å². The third-order valence-corrected chi connectivity index (χ3v) is 3.89. The molecule has 8 heteroatoms. The van der Waals surface area contributed by atoms with Gasteiger partial charge in [-0.2, -0.15) is 4.98 Å². The molecule has 0 radical (unpaired) electrons. The second-order valence-corrected chi connectivity index (χ2v) is 6.54. The zero-order chi connectivity index (χ0) is 15.5. The average molecular weight is 311 g/mol. The van der Waals surface area contributed by atoms with Gasteiger partial charge >= 0.3 is 0 Å². The highest BCUT2D eigenvalue weighted by molar-refractivity contribution is 7.90. The first-order valence-corrected chi connectivity index (χ1v) is 8.28. The number of sulfone groups is 1. The highest BCUT2D eigenvalue weighted by Gasteiger charge is 2.16. The maximum absolute atomic E-state index is 11.5. The lowest BCUT2D eigenvalue weighted by Gasteiger charge is -2.05. The van der Waals surface area contributed by atoms with Crippen molar-refractivity contribution >= 4 is 9.84 Å². The van der Waals surface area contributed by atoms with E-state index in [2.05, 4.69) is 10.1 Å². The quantitative estimate of drug-likeness (QED) is 0.853. The fourth-order valence-corrected chi connectivity index (χ4v) is 2.35. The zero-order valence-corrected chi connectivity index (χ0v) is 12.6. The predicted molar refractivity (Wildman–Crippen MR) is 76.3 cm³/mol. The molecule has 1 aromatic heterocycles. The summed E-state index contributed by atoms with van der Waals surface area (Å²) in [5.74, 6) is 0.547. The Morgan fingerprint density at radius 1 is 1.43 bits per heavy atom. The summed E-state index contributed by atoms with van der Waals surface area (Å²) in [7, 11) is -3.29. The summed E-state index contributed by atoms with van der Waals surface area (Å²) in [6.45, 7) is 2.71. The fraction of sp³-hybridized carbons (Fsp3) is 0.385. The van der Waals surface area contributed by atoms with Gasteiger partial charge in [0.1, 0.15) is 0 Å². The maximum Gasteiger partial charge on any atom is 0.258 e. The molecule has 0 saturated heterocycles. The minimum Gasteiger partial charge on any atom is -0.380 e. The normalized spacial score (nSPS) is 13.3. The van der Waals surface area contributed by atoms with E-state index in [1.807, 2.05) is 6.92 Å². The molecular formula is C13H17N3O4S. The summed E-state index contributed by atoms with van der Waals surface area (Å²) in [5.41, 5.74) is 6.39. The number of hydrogen-bond acceptors (Lipinski definition) is 7. The van der Waals surface area contributed by atoms with E-state index in [-0.39, 0.29) is 10.8 Å². The molecule has 114 valence electrons. The lowest BCUT2D eigenvalue weighted by atomic mass is 10.2. The summed E-state index contributed by atoms with van der Waals surface area (Å²) in [4.78, 5) is 4.37. The minimum absolute atomic E-state index is 0.193. The van der Waals surface area contributed by atoms with E-state index < -0.39 is 15.9 Å². The van der Waals surface area contributed by atoms with Gasteiger partial charge in [-0.1, -0.05) is 11.2 Å². The Labute approximate surface area is 123 Å². The van der Waals surface area contributed by atoms with Crippen LogP contribution in [0.15, 0.2) is 33.7 Å². The SMILES string of the molecule is CCOCC(N)c1noc(-c2cccc(S(C)(=O)=O)c2)n1. The van der Waals surface area contributed by atoms with Crippen molar-refractivity contribution in [3.05, 3.63) is 30.1 Å². The lowest BCUT2D eigenvalue weighted by molar-refractivity contribution is 0.130. The molecule has 0 aliphatic rings. The second-order valence-electron chi connectivity index (χ2n) is 4.52. The third kappa shape index (κ3) is 3.87. The maximum atomic E-state index is 11.5. The number of ether oxygens (including phenoxy) is 1. The molecule has 2 rings (SSSR count). The van der Waals surface area contributed by atoms with E-state index in [1.165, 1.54) is 12.1 Å². The summed E-state index contributed by atoms with van der Waals surface area (Å²) in [6.07, 6.45) is 1.14. The van der Waals surface area contributed by atoms with E-state index in [9.17, 15) is 8.42 Å². The number of nitrogens with two attached hydrogens (primary N) is 1. The van der Waals surface area contributed by atoms with Crippen LogP contribution in [0, 0.1) is 0 Å². The number of rotatable bonds is 6. The Hall–Kier alpha value is -1.77. The van der Waals surface area contributed by atoms with Crippen molar-refractivity contribution in [1.29, 1.82) is 0 Å². The highest BCUT2D eigenvalue weighted by atomic mass is 32.2. The first-order valence-electron chi connectivity index (χ1n) is 6.39. The van der Waals surface area contributed by atoms with Gasteiger partial charge in [-0.05, 0) is 25.1 Å². The third-order valence-electron chi connectivity index (χ3n) is 2.78. The van der Waals surface area contributed by atoms with E-state index >= 15 is 0 Å². The van der Waals surface area contributed by atoms with Gasteiger partial charge in [0.05, 0.1) is 17.5 Å². The zero-order valence-electron chi connectivity index (χ0n) is 11.8. The predicted octanol–water partition coefficient (Wildman–Crippen LogP) is 1.18. The first-order chi connectivity index (χ1) is 9.91. The molecule has 1 unspecified atom stereocenters. The molecule has 1 atom stereocenters. The largest absolute Gasteiger partial charge is 0.380 e. The molecule has 1 aromatic carbocycles. The summed E-state index contributed by atoms with van der Waals surface area (Å²) < 4.78 is 33.4. The van der Waals surface area contributed by atoms with Crippen LogP contribution in [0.2, 0.25) is 0 Å². The van der Waals surface area contributed by atoms with Crippen molar-refractivity contribution in [2.24, 2.45) is 5.73 Å². The lowest BCUT2D eigenvalue weighted by Crippen LogP contribution is -2.18. The van der Waals surface area contributed by atoms with Crippen LogP contribution >= 0.6 is 0 Å². The van der Waals surface area contributed by atoms with Crippen molar-refractivity contribution in [1.82, 2.24) is 10.1 Å². The second kappa shape index (κ2) is 6.33. The highest BCUT2D eigenvalue weighted by Crippen LogP contribution is 2.22. The summed E-state index contributed by atoms with van der Waals surface area (Å²) in [5, 5.41) is 3.80. The number of aromatic nitrogens is 2. The first kappa shape index (κ1) is 15.6. The van der Waals surface area contributed by atoms with E-state index in [4.69, 9.17) is 15.0 Å². The fourth-order valence-electron chi connectivity index (χ4n) is 1.68. The molecule has 0 aliphatic carbocycles. The standard InChI is InChI=1S/C13H17N3O4S/c1-3-19-8-11(14)12-15-13(20-16-12)9-5-4-6-10(7-9)21(2,17)18/h4-7,11H,3,8,14H2,1-2H3. The van der Waals surface area contributed by atoms with Gasteiger partial charge in [0.25, 0.3) is 5.89 Å². The molecule has 21 heavy (non-hydrogen) atoms. The minimum atomic E-state index is -3.29. The van der Waals surface area contributed by atoms with Crippen molar-refractivity contribution in [3.8, 4) is 11.5 Å². The van der Waals surface area contributed by atoms with Crippen molar-refractivity contribution in [2.45, 2.75) is 17.9 Å². The van der Waals surface area contributed by atoms with Gasteiger partial charge in [0, 0.05) is 18.4 Å².